The third-order valence-corrected chi connectivity index (χ3v) is 6.97. The zero-order valence-electron chi connectivity index (χ0n) is 16.2. The van der Waals surface area contributed by atoms with E-state index in [1.807, 2.05) is 12.1 Å². The van der Waals surface area contributed by atoms with Crippen molar-refractivity contribution in [1.82, 2.24) is 9.88 Å². The average Bonchev–Trinajstić information content (AvgIpc) is 3.38. The van der Waals surface area contributed by atoms with Crippen LogP contribution >= 0.6 is 11.6 Å². The Balaban J connectivity index is 1.34. The van der Waals surface area contributed by atoms with Gasteiger partial charge in [0.05, 0.1) is 19.3 Å². The van der Waals surface area contributed by atoms with Gasteiger partial charge in [-0.1, -0.05) is 18.5 Å². The number of likely N-dealkylation sites (tertiary alicyclic amines) is 1. The summed E-state index contributed by atoms with van der Waals surface area (Å²) in [6, 6.07) is 6.79. The maximum Gasteiger partial charge on any atom is 0.228 e. The third kappa shape index (κ3) is 3.51. The minimum atomic E-state index is 0.0842. The van der Waals surface area contributed by atoms with E-state index in [0.717, 1.165) is 61.4 Å². The fourth-order valence-corrected chi connectivity index (χ4v) is 4.81. The Morgan fingerprint density at radius 3 is 2.61 bits per heavy atom. The molecule has 1 saturated carbocycles. The number of ether oxygens (including phenoxy) is 1. The molecule has 5 rings (SSSR count). The lowest BCUT2D eigenvalue weighted by Crippen LogP contribution is -2.51. The van der Waals surface area contributed by atoms with Crippen molar-refractivity contribution in [2.75, 3.05) is 31.6 Å². The van der Waals surface area contributed by atoms with Gasteiger partial charge in [0.1, 0.15) is 5.82 Å². The lowest BCUT2D eigenvalue weighted by molar-refractivity contribution is -0.117. The number of hydrogen-bond acceptors (Lipinski definition) is 4. The number of carbonyl (C=O) groups is 1. The van der Waals surface area contributed by atoms with Crippen LogP contribution in [-0.4, -0.2) is 48.1 Å². The molecule has 3 heterocycles. The lowest BCUT2D eigenvalue weighted by Gasteiger charge is -2.41. The van der Waals surface area contributed by atoms with Crippen LogP contribution < -0.4 is 5.32 Å². The summed E-state index contributed by atoms with van der Waals surface area (Å²) < 4.78 is 5.33. The van der Waals surface area contributed by atoms with E-state index in [9.17, 15) is 4.79 Å². The number of amides is 1. The van der Waals surface area contributed by atoms with Crippen molar-refractivity contribution in [3.63, 3.8) is 0 Å². The van der Waals surface area contributed by atoms with Crippen LogP contribution in [0.4, 0.5) is 5.82 Å². The van der Waals surface area contributed by atoms with E-state index >= 15 is 0 Å². The molecule has 6 heteroatoms. The number of nitrogens with zero attached hydrogens (tertiary/aromatic N) is 2. The van der Waals surface area contributed by atoms with Crippen LogP contribution in [0.3, 0.4) is 0 Å². The van der Waals surface area contributed by atoms with Gasteiger partial charge in [-0.25, -0.2) is 4.98 Å². The molecule has 0 unspecified atom stereocenters. The number of nitrogens with one attached hydrogen (secondary N) is 1. The molecular weight excluding hydrogens is 374 g/mol. The Bertz CT molecular complexity index is 906. The first-order valence-corrected chi connectivity index (χ1v) is 10.7. The largest absolute Gasteiger partial charge is 0.378 e. The van der Waals surface area contributed by atoms with Gasteiger partial charge in [-0.2, -0.15) is 0 Å². The molecule has 148 valence electrons. The molecule has 28 heavy (non-hydrogen) atoms. The van der Waals surface area contributed by atoms with Gasteiger partial charge in [0.2, 0.25) is 5.91 Å². The number of anilines is 1. The van der Waals surface area contributed by atoms with E-state index in [1.165, 1.54) is 5.56 Å². The van der Waals surface area contributed by atoms with Gasteiger partial charge in [0.25, 0.3) is 0 Å². The first kappa shape index (κ1) is 18.3. The van der Waals surface area contributed by atoms with E-state index in [2.05, 4.69) is 28.2 Å². The summed E-state index contributed by atoms with van der Waals surface area (Å²) in [5.74, 6) is 1.82. The van der Waals surface area contributed by atoms with Crippen molar-refractivity contribution in [1.29, 1.82) is 0 Å². The summed E-state index contributed by atoms with van der Waals surface area (Å²) >= 11 is 6.63. The monoisotopic (exact) mass is 399 g/mol. The Hall–Kier alpha value is -1.69. The summed E-state index contributed by atoms with van der Waals surface area (Å²) in [5, 5.41) is 5.89. The number of piperidine rings is 1. The molecule has 0 bridgehead atoms. The normalized spacial score (nSPS) is 26.2. The van der Waals surface area contributed by atoms with E-state index in [1.54, 1.807) is 6.20 Å². The topological polar surface area (TPSA) is 54.5 Å². The summed E-state index contributed by atoms with van der Waals surface area (Å²) in [6.07, 6.45) is 5.02. The first-order chi connectivity index (χ1) is 13.6. The highest BCUT2D eigenvalue weighted by molar-refractivity contribution is 6.32. The van der Waals surface area contributed by atoms with Crippen molar-refractivity contribution in [3.05, 3.63) is 35.0 Å². The van der Waals surface area contributed by atoms with Crippen molar-refractivity contribution in [3.8, 4) is 0 Å². The van der Waals surface area contributed by atoms with Crippen LogP contribution in [-0.2, 0) is 9.53 Å². The number of fused-ring (bicyclic) bond motifs is 1. The van der Waals surface area contributed by atoms with Crippen LogP contribution in [0.15, 0.2) is 24.4 Å². The van der Waals surface area contributed by atoms with Crippen molar-refractivity contribution in [2.45, 2.75) is 38.1 Å². The minimum absolute atomic E-state index is 0.0842. The second-order valence-electron chi connectivity index (χ2n) is 8.60. The molecule has 1 aromatic heterocycles. The van der Waals surface area contributed by atoms with Gasteiger partial charge < -0.3 is 10.1 Å². The molecular formula is C22H26ClN3O2. The van der Waals surface area contributed by atoms with Gasteiger partial charge in [0.15, 0.2) is 0 Å². The molecule has 1 amide bonds. The summed E-state index contributed by atoms with van der Waals surface area (Å²) in [6.45, 7) is 6.06. The molecule has 2 atom stereocenters. The highest BCUT2D eigenvalue weighted by Crippen LogP contribution is 2.39. The van der Waals surface area contributed by atoms with Crippen LogP contribution in [0.1, 0.15) is 37.7 Å². The van der Waals surface area contributed by atoms with Gasteiger partial charge >= 0.3 is 0 Å². The summed E-state index contributed by atoms with van der Waals surface area (Å²) in [7, 11) is 0. The Morgan fingerprint density at radius 1 is 1.21 bits per heavy atom. The molecule has 3 aliphatic rings. The van der Waals surface area contributed by atoms with Gasteiger partial charge in [0, 0.05) is 22.5 Å². The molecule has 1 aliphatic carbocycles. The van der Waals surface area contributed by atoms with E-state index in [0.29, 0.717) is 23.7 Å². The molecule has 2 aliphatic heterocycles. The fraction of sp³-hybridized carbons (Fsp3) is 0.545. The summed E-state index contributed by atoms with van der Waals surface area (Å²) in [4.78, 5) is 19.2. The third-order valence-electron chi connectivity index (χ3n) is 6.64. The number of rotatable bonds is 4. The molecule has 3 fully saturated rings. The number of pyridine rings is 1. The average molecular weight is 400 g/mol. The molecule has 1 aromatic carbocycles. The summed E-state index contributed by atoms with van der Waals surface area (Å²) in [5.41, 5.74) is 1.22. The molecule has 1 N–H and O–H groups in total. The van der Waals surface area contributed by atoms with E-state index < -0.39 is 0 Å². The second kappa shape index (κ2) is 7.29. The Labute approximate surface area is 170 Å². The second-order valence-corrected chi connectivity index (χ2v) is 9.01. The number of halogens is 1. The first-order valence-electron chi connectivity index (χ1n) is 10.3. The van der Waals surface area contributed by atoms with Crippen LogP contribution in [0.25, 0.3) is 10.8 Å². The van der Waals surface area contributed by atoms with Crippen molar-refractivity contribution >= 4 is 34.1 Å². The smallest absolute Gasteiger partial charge is 0.228 e. The standard InChI is InChI=1S/C22H26ClN3O2/c1-13-6-18(13)22(27)25-21-9-15-7-19(20(23)8-16(15)10-24-21)14-2-4-26(5-3-14)17-11-28-12-17/h7-10,13-14,17-18H,2-6,11-12H2,1H3,(H,24,25,27)/t13-,18+/m0/s1. The Kier molecular flexibility index (Phi) is 4.77. The van der Waals surface area contributed by atoms with Gasteiger partial charge in [-0.15, -0.1) is 0 Å². The SMILES string of the molecule is C[C@H]1C[C@H]1C(=O)Nc1cc2cc(C3CCN(C4COC4)CC3)c(Cl)cc2cn1. The Morgan fingerprint density at radius 2 is 1.96 bits per heavy atom. The van der Waals surface area contributed by atoms with Crippen molar-refractivity contribution in [2.24, 2.45) is 11.8 Å². The zero-order chi connectivity index (χ0) is 19.3. The number of benzene rings is 1. The van der Waals surface area contributed by atoms with E-state index in [4.69, 9.17) is 16.3 Å². The van der Waals surface area contributed by atoms with Crippen LogP contribution in [0.2, 0.25) is 5.02 Å². The van der Waals surface area contributed by atoms with Gasteiger partial charge in [-0.3, -0.25) is 9.69 Å². The maximum absolute atomic E-state index is 12.2. The fourth-order valence-electron chi connectivity index (χ4n) is 4.48. The van der Waals surface area contributed by atoms with Crippen molar-refractivity contribution < 1.29 is 9.53 Å². The quantitative estimate of drug-likeness (QED) is 0.842. The highest BCUT2D eigenvalue weighted by Gasteiger charge is 2.39. The molecule has 0 radical (unpaired) electrons. The maximum atomic E-state index is 12.2. The molecule has 5 nitrogen and oxygen atoms in total. The predicted octanol–water partition coefficient (Wildman–Crippen LogP) is 4.06. The zero-order valence-corrected chi connectivity index (χ0v) is 16.9. The lowest BCUT2D eigenvalue weighted by atomic mass is 9.87. The molecule has 2 aromatic rings. The number of hydrogen-bond donors (Lipinski definition) is 1. The highest BCUT2D eigenvalue weighted by atomic mass is 35.5. The molecule has 2 saturated heterocycles. The minimum Gasteiger partial charge on any atom is -0.378 e. The van der Waals surface area contributed by atoms with Gasteiger partial charge in [-0.05, 0) is 73.3 Å². The number of carbonyl (C=O) groups excluding carboxylic acids is 1. The predicted molar refractivity (Wildman–Crippen MR) is 111 cm³/mol. The van der Waals surface area contributed by atoms with E-state index in [-0.39, 0.29) is 11.8 Å². The van der Waals surface area contributed by atoms with Crippen LogP contribution in [0, 0.1) is 11.8 Å². The molecule has 0 spiro atoms. The number of aromatic nitrogens is 1. The van der Waals surface area contributed by atoms with Crippen LogP contribution in [0.5, 0.6) is 0 Å².